The van der Waals surface area contributed by atoms with Gasteiger partial charge in [-0.15, -0.1) is 10.2 Å². The summed E-state index contributed by atoms with van der Waals surface area (Å²) < 4.78 is 1.86. The molecule has 0 bridgehead atoms. The van der Waals surface area contributed by atoms with Crippen molar-refractivity contribution in [3.63, 3.8) is 0 Å². The smallest absolute Gasteiger partial charge is 0.251 e. The topological polar surface area (TPSA) is 111 Å². The SMILES string of the molecule is Cn1c(CNc2cccc(C(=O)NCc3cc(Cl)ccn3)c2)nnc1-c1ccncn1. The number of carbonyl (C=O) groups excluding carboxylic acids is 1. The Balaban J connectivity index is 1.39. The molecule has 156 valence electrons. The molecule has 0 saturated heterocycles. The predicted octanol–water partition coefficient (Wildman–Crippen LogP) is 2.86. The van der Waals surface area contributed by atoms with E-state index in [1.807, 2.05) is 23.7 Å². The Labute approximate surface area is 183 Å². The summed E-state index contributed by atoms with van der Waals surface area (Å²) in [4.78, 5) is 24.8. The molecule has 1 amide bonds. The van der Waals surface area contributed by atoms with Gasteiger partial charge in [0.1, 0.15) is 12.0 Å². The lowest BCUT2D eigenvalue weighted by molar-refractivity contribution is 0.0950. The first-order valence-electron chi connectivity index (χ1n) is 9.47. The number of benzene rings is 1. The van der Waals surface area contributed by atoms with Gasteiger partial charge in [0.15, 0.2) is 11.6 Å². The predicted molar refractivity (Wildman–Crippen MR) is 116 cm³/mol. The van der Waals surface area contributed by atoms with Crippen molar-refractivity contribution < 1.29 is 4.79 Å². The van der Waals surface area contributed by atoms with Crippen LogP contribution in [0.4, 0.5) is 5.69 Å². The van der Waals surface area contributed by atoms with Crippen molar-refractivity contribution >= 4 is 23.2 Å². The number of nitrogens with one attached hydrogen (secondary N) is 2. The van der Waals surface area contributed by atoms with Gasteiger partial charge in [0.05, 0.1) is 18.8 Å². The van der Waals surface area contributed by atoms with Crippen molar-refractivity contribution in [2.75, 3.05) is 5.32 Å². The molecule has 3 aromatic heterocycles. The average molecular weight is 435 g/mol. The zero-order chi connectivity index (χ0) is 21.6. The van der Waals surface area contributed by atoms with E-state index in [9.17, 15) is 4.79 Å². The molecule has 0 saturated carbocycles. The maximum absolute atomic E-state index is 12.5. The summed E-state index contributed by atoms with van der Waals surface area (Å²) in [5.74, 6) is 1.19. The summed E-state index contributed by atoms with van der Waals surface area (Å²) in [6, 6.07) is 12.4. The number of hydrogen-bond donors (Lipinski definition) is 2. The first-order chi connectivity index (χ1) is 15.1. The van der Waals surface area contributed by atoms with Crippen molar-refractivity contribution in [3.05, 3.63) is 83.3 Å². The number of aromatic nitrogens is 6. The van der Waals surface area contributed by atoms with Crippen molar-refractivity contribution in [1.29, 1.82) is 0 Å². The van der Waals surface area contributed by atoms with E-state index >= 15 is 0 Å². The van der Waals surface area contributed by atoms with Crippen LogP contribution >= 0.6 is 11.6 Å². The highest BCUT2D eigenvalue weighted by Crippen LogP contribution is 2.16. The minimum Gasteiger partial charge on any atom is -0.378 e. The summed E-state index contributed by atoms with van der Waals surface area (Å²) in [7, 11) is 1.88. The van der Waals surface area contributed by atoms with Crippen LogP contribution in [0.25, 0.3) is 11.5 Å². The number of anilines is 1. The Bertz CT molecular complexity index is 1190. The maximum Gasteiger partial charge on any atom is 0.251 e. The van der Waals surface area contributed by atoms with Crippen LogP contribution in [0.5, 0.6) is 0 Å². The van der Waals surface area contributed by atoms with Gasteiger partial charge in [0, 0.05) is 35.7 Å². The van der Waals surface area contributed by atoms with Gasteiger partial charge in [0.2, 0.25) is 0 Å². The van der Waals surface area contributed by atoms with Gasteiger partial charge in [-0.2, -0.15) is 0 Å². The minimum absolute atomic E-state index is 0.199. The number of hydrogen-bond acceptors (Lipinski definition) is 7. The zero-order valence-electron chi connectivity index (χ0n) is 16.7. The lowest BCUT2D eigenvalue weighted by Gasteiger charge is -2.09. The van der Waals surface area contributed by atoms with Crippen molar-refractivity contribution in [2.45, 2.75) is 13.1 Å². The number of amides is 1. The monoisotopic (exact) mass is 434 g/mol. The second kappa shape index (κ2) is 9.31. The Morgan fingerprint density at radius 2 is 1.97 bits per heavy atom. The first kappa shape index (κ1) is 20.4. The fourth-order valence-corrected chi connectivity index (χ4v) is 3.11. The van der Waals surface area contributed by atoms with E-state index in [1.165, 1.54) is 6.33 Å². The Morgan fingerprint density at radius 1 is 1.06 bits per heavy atom. The molecule has 0 unspecified atom stereocenters. The normalized spacial score (nSPS) is 10.6. The van der Waals surface area contributed by atoms with E-state index in [1.54, 1.807) is 42.7 Å². The van der Waals surface area contributed by atoms with Gasteiger partial charge in [-0.1, -0.05) is 17.7 Å². The molecule has 4 rings (SSSR count). The highest BCUT2D eigenvalue weighted by Gasteiger charge is 2.12. The summed E-state index contributed by atoms with van der Waals surface area (Å²) in [6.45, 7) is 0.730. The summed E-state index contributed by atoms with van der Waals surface area (Å²) in [5.41, 5.74) is 2.72. The van der Waals surface area contributed by atoms with Crippen molar-refractivity contribution in [2.24, 2.45) is 7.05 Å². The molecular weight excluding hydrogens is 416 g/mol. The van der Waals surface area contributed by atoms with Gasteiger partial charge in [0.25, 0.3) is 5.91 Å². The van der Waals surface area contributed by atoms with Crippen LogP contribution in [0.2, 0.25) is 5.02 Å². The van der Waals surface area contributed by atoms with Crippen LogP contribution in [0.15, 0.2) is 61.2 Å². The van der Waals surface area contributed by atoms with Crippen LogP contribution in [0, 0.1) is 0 Å². The van der Waals surface area contributed by atoms with Crippen LogP contribution in [-0.2, 0) is 20.1 Å². The summed E-state index contributed by atoms with van der Waals surface area (Å²) >= 11 is 5.95. The first-order valence-corrected chi connectivity index (χ1v) is 9.85. The third-order valence-corrected chi connectivity index (χ3v) is 4.80. The van der Waals surface area contributed by atoms with Gasteiger partial charge in [-0.3, -0.25) is 9.78 Å². The summed E-state index contributed by atoms with van der Waals surface area (Å²) in [5, 5.41) is 15.1. The molecule has 0 aliphatic heterocycles. The van der Waals surface area contributed by atoms with Crippen LogP contribution < -0.4 is 10.6 Å². The largest absolute Gasteiger partial charge is 0.378 e. The molecule has 10 heteroatoms. The Kier molecular flexibility index (Phi) is 6.13. The number of halogens is 1. The van der Waals surface area contributed by atoms with Crippen molar-refractivity contribution in [3.8, 4) is 11.5 Å². The van der Waals surface area contributed by atoms with Gasteiger partial charge < -0.3 is 15.2 Å². The molecule has 9 nitrogen and oxygen atoms in total. The van der Waals surface area contributed by atoms with Gasteiger partial charge >= 0.3 is 0 Å². The van der Waals surface area contributed by atoms with Crippen LogP contribution in [0.3, 0.4) is 0 Å². The molecule has 4 aromatic rings. The second-order valence-electron chi connectivity index (χ2n) is 6.68. The van der Waals surface area contributed by atoms with E-state index in [4.69, 9.17) is 11.6 Å². The lowest BCUT2D eigenvalue weighted by Crippen LogP contribution is -2.23. The molecule has 0 atom stereocenters. The van der Waals surface area contributed by atoms with Gasteiger partial charge in [-0.25, -0.2) is 9.97 Å². The molecule has 31 heavy (non-hydrogen) atoms. The molecule has 0 aliphatic rings. The number of carbonyl (C=O) groups is 1. The van der Waals surface area contributed by atoms with Gasteiger partial charge in [-0.05, 0) is 36.4 Å². The third-order valence-electron chi connectivity index (χ3n) is 4.56. The fourth-order valence-electron chi connectivity index (χ4n) is 2.93. The summed E-state index contributed by atoms with van der Waals surface area (Å²) in [6.07, 6.45) is 4.74. The molecule has 2 N–H and O–H groups in total. The third kappa shape index (κ3) is 5.01. The molecule has 0 radical (unpaired) electrons. The van der Waals surface area contributed by atoms with E-state index in [0.29, 0.717) is 40.9 Å². The van der Waals surface area contributed by atoms with Crippen LogP contribution in [0.1, 0.15) is 21.9 Å². The molecule has 1 aromatic carbocycles. The zero-order valence-corrected chi connectivity index (χ0v) is 17.4. The van der Waals surface area contributed by atoms with E-state index in [-0.39, 0.29) is 5.91 Å². The lowest BCUT2D eigenvalue weighted by atomic mass is 10.2. The second-order valence-corrected chi connectivity index (χ2v) is 7.11. The number of pyridine rings is 1. The minimum atomic E-state index is -0.199. The quantitative estimate of drug-likeness (QED) is 0.460. The molecule has 0 spiro atoms. The molecular formula is C21H19ClN8O. The Morgan fingerprint density at radius 3 is 2.77 bits per heavy atom. The van der Waals surface area contributed by atoms with Crippen molar-refractivity contribution in [1.82, 2.24) is 35.0 Å². The maximum atomic E-state index is 12.5. The fraction of sp³-hybridized carbons (Fsp3) is 0.143. The van der Waals surface area contributed by atoms with E-state index in [0.717, 1.165) is 11.5 Å². The molecule has 0 fully saturated rings. The van der Waals surface area contributed by atoms with E-state index < -0.39 is 0 Å². The highest BCUT2D eigenvalue weighted by molar-refractivity contribution is 6.30. The van der Waals surface area contributed by atoms with Crippen LogP contribution in [-0.4, -0.2) is 35.6 Å². The standard InChI is InChI=1S/C21H19ClN8O/c1-30-19(28-29-20(30)18-6-7-23-13-27-18)12-25-16-4-2-3-14(9-16)21(31)26-11-17-10-15(22)5-8-24-17/h2-10,13,25H,11-12H2,1H3,(H,26,31). The van der Waals surface area contributed by atoms with E-state index in [2.05, 4.69) is 35.8 Å². The number of nitrogens with zero attached hydrogens (tertiary/aromatic N) is 6. The highest BCUT2D eigenvalue weighted by atomic mass is 35.5. The molecule has 0 aliphatic carbocycles. The Hall–Kier alpha value is -3.85. The number of rotatable bonds is 7. The average Bonchev–Trinajstić information content (AvgIpc) is 3.17. The molecule has 3 heterocycles.